The number of aryl methyl sites for hydroxylation is 3. The molecule has 0 heterocycles. The molecule has 0 spiro atoms. The molecule has 188 valence electrons. The minimum absolute atomic E-state index is 0.682. The predicted octanol–water partition coefficient (Wildman–Crippen LogP) is 8.80. The summed E-state index contributed by atoms with van der Waals surface area (Å²) in [6, 6.07) is 26.8. The largest absolute Gasteiger partial charge is 0.373 e. The van der Waals surface area contributed by atoms with Crippen LogP contribution in [-0.2, 0) is 43.4 Å². The van der Waals surface area contributed by atoms with Gasteiger partial charge in [0.1, 0.15) is 0 Å². The number of hydrogen-bond acceptors (Lipinski definition) is 1. The first kappa shape index (κ1) is 27.4. The molecule has 0 aliphatic carbocycles. The predicted molar refractivity (Wildman–Crippen MR) is 156 cm³/mol. The Morgan fingerprint density at radius 2 is 1.19 bits per heavy atom. The first-order valence-electron chi connectivity index (χ1n) is 13.5. The molecule has 1 heteroatoms. The maximum absolute atomic E-state index is 5.77. The summed E-state index contributed by atoms with van der Waals surface area (Å²) in [6.45, 7) is 7.20. The van der Waals surface area contributed by atoms with Crippen molar-refractivity contribution in [1.82, 2.24) is 0 Å². The zero-order valence-electron chi connectivity index (χ0n) is 22.0. The Labute approximate surface area is 219 Å². The second-order valence-electron chi connectivity index (χ2n) is 9.40. The van der Waals surface area contributed by atoms with E-state index in [-0.39, 0.29) is 0 Å². The van der Waals surface area contributed by atoms with Gasteiger partial charge in [-0.05, 0) is 91.7 Å². The van der Waals surface area contributed by atoms with Gasteiger partial charge >= 0.3 is 0 Å². The molecule has 0 aliphatic heterocycles. The first-order valence-corrected chi connectivity index (χ1v) is 13.5. The summed E-state index contributed by atoms with van der Waals surface area (Å²) in [5, 5.41) is 0. The second kappa shape index (κ2) is 16.5. The van der Waals surface area contributed by atoms with Crippen LogP contribution in [0.15, 0.2) is 110 Å². The zero-order valence-corrected chi connectivity index (χ0v) is 22.0. The molecule has 3 rings (SSSR count). The number of ether oxygens (including phenoxy) is 1. The highest BCUT2D eigenvalue weighted by molar-refractivity contribution is 5.28. The van der Waals surface area contributed by atoms with Crippen molar-refractivity contribution >= 4 is 0 Å². The Kier molecular flexibility index (Phi) is 12.6. The molecule has 36 heavy (non-hydrogen) atoms. The topological polar surface area (TPSA) is 9.23 Å². The van der Waals surface area contributed by atoms with Crippen molar-refractivity contribution in [1.29, 1.82) is 0 Å². The molecule has 0 saturated carbocycles. The lowest BCUT2D eigenvalue weighted by Crippen LogP contribution is -1.99. The van der Waals surface area contributed by atoms with Crippen molar-refractivity contribution in [3.63, 3.8) is 0 Å². The van der Waals surface area contributed by atoms with Gasteiger partial charge in [0.25, 0.3) is 0 Å². The van der Waals surface area contributed by atoms with Gasteiger partial charge in [-0.25, -0.2) is 0 Å². The van der Waals surface area contributed by atoms with Gasteiger partial charge in [-0.2, -0.15) is 0 Å². The van der Waals surface area contributed by atoms with Gasteiger partial charge in [0.05, 0.1) is 13.2 Å². The summed E-state index contributed by atoms with van der Waals surface area (Å²) >= 11 is 0. The molecular formula is C35H42O. The average molecular weight is 479 g/mol. The Bertz CT molecular complexity index is 1070. The Morgan fingerprint density at radius 1 is 0.639 bits per heavy atom. The minimum atomic E-state index is 0.682. The van der Waals surface area contributed by atoms with E-state index in [9.17, 15) is 0 Å². The van der Waals surface area contributed by atoms with Crippen LogP contribution >= 0.6 is 0 Å². The van der Waals surface area contributed by atoms with E-state index in [0.29, 0.717) is 13.2 Å². The summed E-state index contributed by atoms with van der Waals surface area (Å²) in [5.74, 6) is 0. The van der Waals surface area contributed by atoms with Crippen LogP contribution in [0.3, 0.4) is 0 Å². The molecule has 0 aromatic heterocycles. The van der Waals surface area contributed by atoms with Crippen LogP contribution in [0, 0.1) is 0 Å². The van der Waals surface area contributed by atoms with Crippen LogP contribution in [0.1, 0.15) is 59.6 Å². The average Bonchev–Trinajstić information content (AvgIpc) is 2.92. The fourth-order valence-corrected chi connectivity index (χ4v) is 4.31. The van der Waals surface area contributed by atoms with Crippen LogP contribution in [-0.4, -0.2) is 6.61 Å². The van der Waals surface area contributed by atoms with Gasteiger partial charge in [-0.1, -0.05) is 103 Å². The molecule has 0 aliphatic rings. The van der Waals surface area contributed by atoms with Gasteiger partial charge in [-0.15, -0.1) is 6.58 Å². The van der Waals surface area contributed by atoms with Gasteiger partial charge < -0.3 is 4.74 Å². The van der Waals surface area contributed by atoms with Crippen molar-refractivity contribution in [3.8, 4) is 0 Å². The van der Waals surface area contributed by atoms with E-state index in [1.165, 1.54) is 46.2 Å². The Hall–Kier alpha value is -3.16. The normalized spacial score (nSPS) is 11.5. The highest BCUT2D eigenvalue weighted by Crippen LogP contribution is 2.16. The molecule has 0 atom stereocenters. The lowest BCUT2D eigenvalue weighted by atomic mass is 9.99. The Balaban J connectivity index is 1.35. The molecule has 0 amide bonds. The van der Waals surface area contributed by atoms with E-state index in [1.807, 2.05) is 19.1 Å². The molecule has 3 aromatic rings. The summed E-state index contributed by atoms with van der Waals surface area (Å²) in [5.41, 5.74) is 8.30. The number of rotatable bonds is 16. The lowest BCUT2D eigenvalue weighted by Gasteiger charge is -2.10. The molecule has 3 aromatic carbocycles. The molecule has 0 saturated heterocycles. The summed E-state index contributed by atoms with van der Waals surface area (Å²) < 4.78 is 5.77. The monoisotopic (exact) mass is 478 g/mol. The fourth-order valence-electron chi connectivity index (χ4n) is 4.31. The number of unbranched alkanes of at least 4 members (excludes halogenated alkanes) is 1. The van der Waals surface area contributed by atoms with Gasteiger partial charge in [0.2, 0.25) is 0 Å². The van der Waals surface area contributed by atoms with E-state index < -0.39 is 0 Å². The second-order valence-corrected chi connectivity index (χ2v) is 9.40. The molecule has 0 fully saturated rings. The van der Waals surface area contributed by atoms with E-state index >= 15 is 0 Å². The number of benzene rings is 3. The van der Waals surface area contributed by atoms with Gasteiger partial charge in [0, 0.05) is 0 Å². The maximum atomic E-state index is 5.77. The molecule has 0 bridgehead atoms. The smallest absolute Gasteiger partial charge is 0.0723 e. The molecule has 0 unspecified atom stereocenters. The van der Waals surface area contributed by atoms with Crippen molar-refractivity contribution in [2.75, 3.05) is 6.61 Å². The third kappa shape index (κ3) is 10.2. The third-order valence-electron chi connectivity index (χ3n) is 6.54. The van der Waals surface area contributed by atoms with E-state index in [4.69, 9.17) is 4.74 Å². The number of allylic oxidation sites excluding steroid dienone is 4. The maximum Gasteiger partial charge on any atom is 0.0723 e. The van der Waals surface area contributed by atoms with Crippen LogP contribution in [0.5, 0.6) is 0 Å². The molecular weight excluding hydrogens is 436 g/mol. The SMILES string of the molecule is C=CCCc1ccc(C/C=C/Cc2ccc(CCCCc3ccccc3COC/C=C/C)cc2)cc1. The minimum Gasteiger partial charge on any atom is -0.373 e. The molecule has 0 radical (unpaired) electrons. The van der Waals surface area contributed by atoms with Crippen LogP contribution in [0.4, 0.5) is 0 Å². The zero-order chi connectivity index (χ0) is 25.3. The van der Waals surface area contributed by atoms with Gasteiger partial charge in [-0.3, -0.25) is 0 Å². The van der Waals surface area contributed by atoms with Gasteiger partial charge in [0.15, 0.2) is 0 Å². The van der Waals surface area contributed by atoms with E-state index in [1.54, 1.807) is 0 Å². The fraction of sp³-hybridized carbons (Fsp3) is 0.314. The molecule has 1 nitrogen and oxygen atoms in total. The third-order valence-corrected chi connectivity index (χ3v) is 6.54. The summed E-state index contributed by atoms with van der Waals surface area (Å²) in [4.78, 5) is 0. The van der Waals surface area contributed by atoms with E-state index in [0.717, 1.165) is 38.5 Å². The van der Waals surface area contributed by atoms with Crippen molar-refractivity contribution < 1.29 is 4.74 Å². The standard InChI is InChI=1S/C35H42O/c1-3-5-13-30-20-22-31(23-21-30)14-7-8-15-32-24-26-33(27-25-32)16-9-10-17-34-18-11-12-19-35(34)29-36-28-6-4-2/h3-4,6-8,11-12,18-27H,1,5,9-10,13-17,28-29H2,2H3/b6-4+,8-7+. The Morgan fingerprint density at radius 3 is 1.81 bits per heavy atom. The van der Waals surface area contributed by atoms with Crippen molar-refractivity contribution in [2.45, 2.75) is 64.9 Å². The number of hydrogen-bond donors (Lipinski definition) is 0. The quantitative estimate of drug-likeness (QED) is 0.148. The highest BCUT2D eigenvalue weighted by Gasteiger charge is 2.03. The lowest BCUT2D eigenvalue weighted by molar-refractivity contribution is 0.148. The summed E-state index contributed by atoms with van der Waals surface area (Å²) in [7, 11) is 0. The van der Waals surface area contributed by atoms with Crippen molar-refractivity contribution in [2.24, 2.45) is 0 Å². The van der Waals surface area contributed by atoms with E-state index in [2.05, 4.69) is 97.6 Å². The van der Waals surface area contributed by atoms with Crippen LogP contribution < -0.4 is 0 Å². The summed E-state index contributed by atoms with van der Waals surface area (Å²) in [6.07, 6.45) is 19.4. The first-order chi connectivity index (χ1) is 17.8. The van der Waals surface area contributed by atoms with Crippen LogP contribution in [0.25, 0.3) is 0 Å². The van der Waals surface area contributed by atoms with Crippen LogP contribution in [0.2, 0.25) is 0 Å². The van der Waals surface area contributed by atoms with Crippen molar-refractivity contribution in [3.05, 3.63) is 143 Å². The molecule has 0 N–H and O–H groups in total. The highest BCUT2D eigenvalue weighted by atomic mass is 16.5.